The number of furan rings is 1. The molecule has 1 aromatic heterocycles. The van der Waals surface area contributed by atoms with Crippen LogP contribution in [0.25, 0.3) is 17.4 Å². The van der Waals surface area contributed by atoms with Gasteiger partial charge >= 0.3 is 0 Å². The highest BCUT2D eigenvalue weighted by Crippen LogP contribution is 2.38. The standard InChI is InChI=1S/C22H16FNO2S2/c1-14(15-6-3-2-4-7-15)24-21(25)20(28-22(24)27)13-18-10-11-19(26-18)16-8-5-9-17(23)12-16/h2-14H,1H3/b20-13+/t14-/m0/s1. The van der Waals surface area contributed by atoms with E-state index in [0.717, 1.165) is 5.56 Å². The van der Waals surface area contributed by atoms with Gasteiger partial charge in [-0.2, -0.15) is 0 Å². The number of halogens is 1. The maximum absolute atomic E-state index is 13.4. The zero-order valence-corrected chi connectivity index (χ0v) is 16.6. The number of nitrogens with zero attached hydrogens (tertiary/aromatic N) is 1. The van der Waals surface area contributed by atoms with Gasteiger partial charge in [0.15, 0.2) is 0 Å². The van der Waals surface area contributed by atoms with E-state index in [1.54, 1.807) is 35.2 Å². The summed E-state index contributed by atoms with van der Waals surface area (Å²) in [6, 6.07) is 19.3. The van der Waals surface area contributed by atoms with Crippen LogP contribution in [-0.4, -0.2) is 15.1 Å². The molecule has 1 atom stereocenters. The van der Waals surface area contributed by atoms with Gasteiger partial charge in [-0.15, -0.1) is 0 Å². The predicted octanol–water partition coefficient (Wildman–Crippen LogP) is 6.05. The van der Waals surface area contributed by atoms with Crippen molar-refractivity contribution in [1.29, 1.82) is 0 Å². The Balaban J connectivity index is 1.58. The molecular formula is C22H16FNO2S2. The molecule has 3 nitrogen and oxygen atoms in total. The van der Waals surface area contributed by atoms with Gasteiger partial charge in [0.25, 0.3) is 5.91 Å². The largest absolute Gasteiger partial charge is 0.457 e. The van der Waals surface area contributed by atoms with Crippen LogP contribution in [0.2, 0.25) is 0 Å². The molecule has 1 fully saturated rings. The van der Waals surface area contributed by atoms with Gasteiger partial charge in [-0.25, -0.2) is 4.39 Å². The molecular weight excluding hydrogens is 393 g/mol. The lowest BCUT2D eigenvalue weighted by Gasteiger charge is -2.23. The van der Waals surface area contributed by atoms with Crippen molar-refractivity contribution < 1.29 is 13.6 Å². The number of hydrogen-bond donors (Lipinski definition) is 0. The molecule has 1 saturated heterocycles. The van der Waals surface area contributed by atoms with Crippen molar-refractivity contribution >= 4 is 40.3 Å². The Hall–Kier alpha value is -2.70. The van der Waals surface area contributed by atoms with Crippen molar-refractivity contribution in [3.8, 4) is 11.3 Å². The summed E-state index contributed by atoms with van der Waals surface area (Å²) < 4.78 is 19.7. The van der Waals surface area contributed by atoms with Crippen molar-refractivity contribution in [2.75, 3.05) is 0 Å². The number of carbonyl (C=O) groups excluding carboxylic acids is 1. The zero-order valence-electron chi connectivity index (χ0n) is 15.0. The summed E-state index contributed by atoms with van der Waals surface area (Å²) in [5.41, 5.74) is 1.66. The molecule has 1 amide bonds. The van der Waals surface area contributed by atoms with Crippen molar-refractivity contribution in [2.45, 2.75) is 13.0 Å². The third-order valence-corrected chi connectivity index (χ3v) is 5.83. The Morgan fingerprint density at radius 2 is 1.89 bits per heavy atom. The summed E-state index contributed by atoms with van der Waals surface area (Å²) in [6.07, 6.45) is 1.68. The van der Waals surface area contributed by atoms with E-state index in [9.17, 15) is 9.18 Å². The first-order valence-corrected chi connectivity index (χ1v) is 9.93. The van der Waals surface area contributed by atoms with Crippen LogP contribution < -0.4 is 0 Å². The summed E-state index contributed by atoms with van der Waals surface area (Å²) in [7, 11) is 0. The number of carbonyl (C=O) groups is 1. The molecule has 2 aromatic carbocycles. The molecule has 0 bridgehead atoms. The van der Waals surface area contributed by atoms with Crippen molar-refractivity contribution in [3.05, 3.63) is 88.8 Å². The fraction of sp³-hybridized carbons (Fsp3) is 0.0909. The minimum absolute atomic E-state index is 0.143. The molecule has 3 aromatic rings. The first-order valence-electron chi connectivity index (χ1n) is 8.71. The number of rotatable bonds is 4. The Labute approximate surface area is 171 Å². The average Bonchev–Trinajstić information content (AvgIpc) is 3.27. The highest BCUT2D eigenvalue weighted by Gasteiger charge is 2.36. The Morgan fingerprint density at radius 3 is 2.64 bits per heavy atom. The van der Waals surface area contributed by atoms with Gasteiger partial charge in [0.1, 0.15) is 21.7 Å². The van der Waals surface area contributed by atoms with Crippen molar-refractivity contribution in [3.63, 3.8) is 0 Å². The summed E-state index contributed by atoms with van der Waals surface area (Å²) in [5.74, 6) is 0.590. The van der Waals surface area contributed by atoms with Crippen LogP contribution in [0.3, 0.4) is 0 Å². The lowest BCUT2D eigenvalue weighted by molar-refractivity contribution is -0.123. The third-order valence-electron chi connectivity index (χ3n) is 4.50. The second kappa shape index (κ2) is 7.73. The highest BCUT2D eigenvalue weighted by molar-refractivity contribution is 8.26. The van der Waals surface area contributed by atoms with Gasteiger partial charge < -0.3 is 4.42 Å². The van der Waals surface area contributed by atoms with E-state index in [1.807, 2.05) is 37.3 Å². The Morgan fingerprint density at radius 1 is 1.11 bits per heavy atom. The van der Waals surface area contributed by atoms with Gasteiger partial charge in [-0.3, -0.25) is 9.69 Å². The topological polar surface area (TPSA) is 33.5 Å². The minimum Gasteiger partial charge on any atom is -0.457 e. The number of thioether (sulfide) groups is 1. The average molecular weight is 410 g/mol. The van der Waals surface area contributed by atoms with Crippen LogP contribution in [0.1, 0.15) is 24.3 Å². The maximum atomic E-state index is 13.4. The fourth-order valence-corrected chi connectivity index (χ4v) is 4.45. The highest BCUT2D eigenvalue weighted by atomic mass is 32.2. The lowest BCUT2D eigenvalue weighted by Crippen LogP contribution is -2.30. The summed E-state index contributed by atoms with van der Waals surface area (Å²) >= 11 is 6.69. The molecule has 0 N–H and O–H groups in total. The molecule has 0 spiro atoms. The third kappa shape index (κ3) is 3.66. The fourth-order valence-electron chi connectivity index (χ4n) is 3.05. The molecule has 2 heterocycles. The molecule has 1 aliphatic rings. The predicted molar refractivity (Wildman–Crippen MR) is 114 cm³/mol. The second-order valence-corrected chi connectivity index (χ2v) is 8.03. The first kappa shape index (κ1) is 18.7. The first-order chi connectivity index (χ1) is 13.5. The number of amides is 1. The van der Waals surface area contributed by atoms with E-state index in [4.69, 9.17) is 16.6 Å². The van der Waals surface area contributed by atoms with Crippen LogP contribution in [0.5, 0.6) is 0 Å². The van der Waals surface area contributed by atoms with Gasteiger partial charge in [0, 0.05) is 11.6 Å². The van der Waals surface area contributed by atoms with E-state index < -0.39 is 0 Å². The molecule has 0 radical (unpaired) electrons. The van der Waals surface area contributed by atoms with Crippen LogP contribution in [0.4, 0.5) is 4.39 Å². The van der Waals surface area contributed by atoms with Crippen LogP contribution in [0.15, 0.2) is 76.1 Å². The Bertz CT molecular complexity index is 1070. The zero-order chi connectivity index (χ0) is 19.7. The molecule has 28 heavy (non-hydrogen) atoms. The molecule has 0 unspecified atom stereocenters. The monoisotopic (exact) mass is 409 g/mol. The number of thiocarbonyl (C=S) groups is 1. The SMILES string of the molecule is C[C@@H](c1ccccc1)N1C(=O)/C(=C\c2ccc(-c3cccc(F)c3)o2)SC1=S. The van der Waals surface area contributed by atoms with E-state index in [1.165, 1.54) is 23.9 Å². The summed E-state index contributed by atoms with van der Waals surface area (Å²) in [6.45, 7) is 1.96. The number of benzene rings is 2. The summed E-state index contributed by atoms with van der Waals surface area (Å²) in [4.78, 5) is 15.0. The van der Waals surface area contributed by atoms with Gasteiger partial charge in [-0.1, -0.05) is 66.4 Å². The van der Waals surface area contributed by atoms with E-state index in [0.29, 0.717) is 26.3 Å². The maximum Gasteiger partial charge on any atom is 0.266 e. The van der Waals surface area contributed by atoms with Gasteiger partial charge in [0.05, 0.1) is 10.9 Å². The van der Waals surface area contributed by atoms with Gasteiger partial charge in [0.2, 0.25) is 0 Å². The smallest absolute Gasteiger partial charge is 0.266 e. The van der Waals surface area contributed by atoms with Crippen LogP contribution in [0, 0.1) is 5.82 Å². The normalized spacial score (nSPS) is 16.8. The van der Waals surface area contributed by atoms with E-state index in [2.05, 4.69) is 0 Å². The Kier molecular flexibility index (Phi) is 5.15. The summed E-state index contributed by atoms with van der Waals surface area (Å²) in [5, 5.41) is 0. The van der Waals surface area contributed by atoms with Crippen LogP contribution >= 0.6 is 24.0 Å². The molecule has 4 rings (SSSR count). The molecule has 140 valence electrons. The quantitative estimate of drug-likeness (QED) is 0.388. The van der Waals surface area contributed by atoms with E-state index >= 15 is 0 Å². The number of hydrogen-bond acceptors (Lipinski definition) is 4. The molecule has 1 aliphatic heterocycles. The lowest BCUT2D eigenvalue weighted by atomic mass is 10.1. The minimum atomic E-state index is -0.328. The van der Waals surface area contributed by atoms with Crippen molar-refractivity contribution in [2.24, 2.45) is 0 Å². The van der Waals surface area contributed by atoms with E-state index in [-0.39, 0.29) is 17.8 Å². The van der Waals surface area contributed by atoms with Gasteiger partial charge in [-0.05, 0) is 36.8 Å². The molecule has 0 aliphatic carbocycles. The molecule has 6 heteroatoms. The van der Waals surface area contributed by atoms with Crippen molar-refractivity contribution in [1.82, 2.24) is 4.90 Å². The second-order valence-electron chi connectivity index (χ2n) is 6.35. The molecule has 0 saturated carbocycles. The van der Waals surface area contributed by atoms with Crippen LogP contribution in [-0.2, 0) is 4.79 Å².